The average Bonchev–Trinajstić information content (AvgIpc) is 2.26. The number of hydrogen-bond acceptors (Lipinski definition) is 2. The zero-order valence-corrected chi connectivity index (χ0v) is 9.24. The Morgan fingerprint density at radius 1 is 1.40 bits per heavy atom. The standard InChI is InChI=1S/C13H19NO/c1-10(15)9-14-13-7-6-11-4-2-3-5-12(11)8-13/h2-5,10,13-15H,6-9H2,1H3/t10-,13?/m1/s1. The number of hydrogen-bond donors (Lipinski definition) is 2. The number of aliphatic hydroxyl groups excluding tert-OH is 1. The molecule has 15 heavy (non-hydrogen) atoms. The first kappa shape index (κ1) is 10.7. The molecular formula is C13H19NO. The van der Waals surface area contributed by atoms with Crippen molar-refractivity contribution in [3.05, 3.63) is 35.4 Å². The molecule has 1 aromatic rings. The molecule has 1 aliphatic carbocycles. The van der Waals surface area contributed by atoms with Gasteiger partial charge in [-0.05, 0) is 37.3 Å². The molecule has 0 bridgehead atoms. The summed E-state index contributed by atoms with van der Waals surface area (Å²) in [6.07, 6.45) is 3.20. The van der Waals surface area contributed by atoms with E-state index in [1.807, 2.05) is 6.92 Å². The molecule has 2 N–H and O–H groups in total. The Morgan fingerprint density at radius 3 is 2.87 bits per heavy atom. The predicted molar refractivity (Wildman–Crippen MR) is 61.9 cm³/mol. The van der Waals surface area contributed by atoms with E-state index >= 15 is 0 Å². The Labute approximate surface area is 91.3 Å². The molecule has 0 fully saturated rings. The lowest BCUT2D eigenvalue weighted by atomic mass is 9.88. The minimum atomic E-state index is -0.248. The molecular weight excluding hydrogens is 186 g/mol. The van der Waals surface area contributed by atoms with Crippen LogP contribution in [0.1, 0.15) is 24.5 Å². The van der Waals surface area contributed by atoms with E-state index in [0.29, 0.717) is 12.6 Å². The van der Waals surface area contributed by atoms with Crippen LogP contribution < -0.4 is 5.32 Å². The molecule has 1 aromatic carbocycles. The van der Waals surface area contributed by atoms with Gasteiger partial charge in [-0.1, -0.05) is 24.3 Å². The summed E-state index contributed by atoms with van der Waals surface area (Å²) in [6, 6.07) is 9.19. The molecule has 0 heterocycles. The molecule has 0 amide bonds. The summed E-state index contributed by atoms with van der Waals surface area (Å²) in [5.74, 6) is 0. The Morgan fingerprint density at radius 2 is 2.13 bits per heavy atom. The predicted octanol–water partition coefficient (Wildman–Crippen LogP) is 1.51. The van der Waals surface area contributed by atoms with Crippen LogP contribution in [-0.2, 0) is 12.8 Å². The van der Waals surface area contributed by atoms with Gasteiger partial charge in [0.15, 0.2) is 0 Å². The smallest absolute Gasteiger partial charge is 0.0636 e. The Bertz CT molecular complexity index is 322. The number of fused-ring (bicyclic) bond motifs is 1. The van der Waals surface area contributed by atoms with Gasteiger partial charge in [0.25, 0.3) is 0 Å². The van der Waals surface area contributed by atoms with Crippen molar-refractivity contribution >= 4 is 0 Å². The van der Waals surface area contributed by atoms with E-state index in [2.05, 4.69) is 29.6 Å². The Hall–Kier alpha value is -0.860. The van der Waals surface area contributed by atoms with Gasteiger partial charge in [-0.15, -0.1) is 0 Å². The van der Waals surface area contributed by atoms with Gasteiger partial charge in [0.1, 0.15) is 0 Å². The first-order valence-corrected chi connectivity index (χ1v) is 5.74. The van der Waals surface area contributed by atoms with Crippen molar-refractivity contribution in [3.8, 4) is 0 Å². The molecule has 0 aromatic heterocycles. The molecule has 0 spiro atoms. The van der Waals surface area contributed by atoms with Crippen LogP contribution in [0.25, 0.3) is 0 Å². The van der Waals surface area contributed by atoms with E-state index in [1.54, 1.807) is 0 Å². The number of nitrogens with one attached hydrogen (secondary N) is 1. The minimum absolute atomic E-state index is 0.248. The van der Waals surface area contributed by atoms with E-state index in [4.69, 9.17) is 0 Å². The van der Waals surface area contributed by atoms with Crippen LogP contribution in [0.3, 0.4) is 0 Å². The summed E-state index contributed by atoms with van der Waals surface area (Å²) in [6.45, 7) is 2.52. The van der Waals surface area contributed by atoms with Gasteiger partial charge in [-0.2, -0.15) is 0 Å². The van der Waals surface area contributed by atoms with Crippen molar-refractivity contribution in [2.24, 2.45) is 0 Å². The first-order chi connectivity index (χ1) is 7.25. The SMILES string of the molecule is C[C@@H](O)CNC1CCc2ccccc2C1. The highest BCUT2D eigenvalue weighted by atomic mass is 16.3. The maximum atomic E-state index is 9.22. The summed E-state index contributed by atoms with van der Waals surface area (Å²) >= 11 is 0. The van der Waals surface area contributed by atoms with Crippen molar-refractivity contribution in [2.45, 2.75) is 38.3 Å². The van der Waals surface area contributed by atoms with Gasteiger partial charge in [-0.25, -0.2) is 0 Å². The third-order valence-electron chi connectivity index (χ3n) is 3.05. The maximum absolute atomic E-state index is 9.22. The van der Waals surface area contributed by atoms with Crippen LogP contribution in [0, 0.1) is 0 Å². The monoisotopic (exact) mass is 205 g/mol. The average molecular weight is 205 g/mol. The summed E-state index contributed by atoms with van der Waals surface area (Å²) in [5.41, 5.74) is 2.96. The quantitative estimate of drug-likeness (QED) is 0.784. The fourth-order valence-corrected chi connectivity index (χ4v) is 2.21. The molecule has 0 saturated heterocycles. The largest absolute Gasteiger partial charge is 0.392 e. The van der Waals surface area contributed by atoms with E-state index in [0.717, 1.165) is 12.8 Å². The van der Waals surface area contributed by atoms with E-state index < -0.39 is 0 Å². The molecule has 2 heteroatoms. The van der Waals surface area contributed by atoms with Crippen molar-refractivity contribution in [1.29, 1.82) is 0 Å². The highest BCUT2D eigenvalue weighted by molar-refractivity contribution is 5.30. The number of benzene rings is 1. The Balaban J connectivity index is 1.94. The van der Waals surface area contributed by atoms with Crippen molar-refractivity contribution < 1.29 is 5.11 Å². The van der Waals surface area contributed by atoms with Gasteiger partial charge in [-0.3, -0.25) is 0 Å². The van der Waals surface area contributed by atoms with Crippen LogP contribution in [0.15, 0.2) is 24.3 Å². The third kappa shape index (κ3) is 2.80. The summed E-state index contributed by atoms with van der Waals surface area (Å²) in [4.78, 5) is 0. The van der Waals surface area contributed by atoms with Crippen LogP contribution in [0.4, 0.5) is 0 Å². The fourth-order valence-electron chi connectivity index (χ4n) is 2.21. The van der Waals surface area contributed by atoms with Gasteiger partial charge in [0.05, 0.1) is 6.10 Å². The first-order valence-electron chi connectivity index (χ1n) is 5.74. The molecule has 0 saturated carbocycles. The Kier molecular flexibility index (Phi) is 3.39. The fraction of sp³-hybridized carbons (Fsp3) is 0.538. The highest BCUT2D eigenvalue weighted by Crippen LogP contribution is 2.20. The van der Waals surface area contributed by atoms with Gasteiger partial charge >= 0.3 is 0 Å². The summed E-state index contributed by atoms with van der Waals surface area (Å²) < 4.78 is 0. The number of rotatable bonds is 3. The molecule has 82 valence electrons. The van der Waals surface area contributed by atoms with Crippen LogP contribution in [-0.4, -0.2) is 23.8 Å². The topological polar surface area (TPSA) is 32.3 Å². The second kappa shape index (κ2) is 4.77. The van der Waals surface area contributed by atoms with Crippen LogP contribution >= 0.6 is 0 Å². The van der Waals surface area contributed by atoms with E-state index in [9.17, 15) is 5.11 Å². The third-order valence-corrected chi connectivity index (χ3v) is 3.05. The van der Waals surface area contributed by atoms with Crippen LogP contribution in [0.5, 0.6) is 0 Å². The normalized spacial score (nSPS) is 22.1. The van der Waals surface area contributed by atoms with E-state index in [1.165, 1.54) is 17.5 Å². The zero-order chi connectivity index (χ0) is 10.7. The molecule has 1 unspecified atom stereocenters. The van der Waals surface area contributed by atoms with Gasteiger partial charge < -0.3 is 10.4 Å². The lowest BCUT2D eigenvalue weighted by Gasteiger charge is -2.26. The lowest BCUT2D eigenvalue weighted by molar-refractivity contribution is 0.184. The lowest BCUT2D eigenvalue weighted by Crippen LogP contribution is -2.38. The zero-order valence-electron chi connectivity index (χ0n) is 9.24. The highest BCUT2D eigenvalue weighted by Gasteiger charge is 2.17. The second-order valence-corrected chi connectivity index (χ2v) is 4.47. The van der Waals surface area contributed by atoms with E-state index in [-0.39, 0.29) is 6.10 Å². The molecule has 2 nitrogen and oxygen atoms in total. The van der Waals surface area contributed by atoms with Crippen molar-refractivity contribution in [3.63, 3.8) is 0 Å². The van der Waals surface area contributed by atoms with Crippen LogP contribution in [0.2, 0.25) is 0 Å². The maximum Gasteiger partial charge on any atom is 0.0636 e. The molecule has 0 aliphatic heterocycles. The summed E-state index contributed by atoms with van der Waals surface area (Å²) in [7, 11) is 0. The van der Waals surface area contributed by atoms with Gasteiger partial charge in [0, 0.05) is 12.6 Å². The minimum Gasteiger partial charge on any atom is -0.392 e. The summed E-state index contributed by atoms with van der Waals surface area (Å²) in [5, 5.41) is 12.6. The molecule has 2 atom stereocenters. The number of aliphatic hydroxyl groups is 1. The molecule has 1 aliphatic rings. The van der Waals surface area contributed by atoms with Gasteiger partial charge in [0.2, 0.25) is 0 Å². The number of aryl methyl sites for hydroxylation is 1. The molecule has 0 radical (unpaired) electrons. The van der Waals surface area contributed by atoms with Crippen molar-refractivity contribution in [1.82, 2.24) is 5.32 Å². The van der Waals surface area contributed by atoms with Crippen molar-refractivity contribution in [2.75, 3.05) is 6.54 Å². The molecule has 2 rings (SSSR count). The second-order valence-electron chi connectivity index (χ2n) is 4.47.